The van der Waals surface area contributed by atoms with E-state index < -0.39 is 0 Å². The Morgan fingerprint density at radius 3 is 2.54 bits per heavy atom. The maximum Gasteiger partial charge on any atom is 0.155 e. The fraction of sp³-hybridized carbons (Fsp3) is 0.136. The van der Waals surface area contributed by atoms with E-state index in [0.717, 1.165) is 34.5 Å². The fourth-order valence-corrected chi connectivity index (χ4v) is 2.97. The van der Waals surface area contributed by atoms with Crippen LogP contribution < -0.4 is 5.43 Å². The largest absolute Gasteiger partial charge is 0.264 e. The minimum atomic E-state index is 0.700. The van der Waals surface area contributed by atoms with Gasteiger partial charge >= 0.3 is 0 Å². The van der Waals surface area contributed by atoms with Gasteiger partial charge in [0.25, 0.3) is 0 Å². The highest BCUT2D eigenvalue weighted by molar-refractivity contribution is 6.18. The molecule has 1 aliphatic heterocycles. The number of aromatic nitrogens is 1. The summed E-state index contributed by atoms with van der Waals surface area (Å²) in [7, 11) is 0. The molecular formula is C22H20N4. The third-order valence-corrected chi connectivity index (χ3v) is 4.49. The van der Waals surface area contributed by atoms with E-state index in [-0.39, 0.29) is 0 Å². The van der Waals surface area contributed by atoms with Crippen LogP contribution in [0.4, 0.5) is 5.69 Å². The second-order valence-electron chi connectivity index (χ2n) is 6.35. The van der Waals surface area contributed by atoms with Gasteiger partial charge < -0.3 is 0 Å². The number of aliphatic imine (C=N–C) groups is 1. The van der Waals surface area contributed by atoms with Gasteiger partial charge in [-0.2, -0.15) is 5.10 Å². The average molecular weight is 340 g/mol. The molecule has 0 saturated heterocycles. The number of fused-ring (bicyclic) bond motifs is 1. The Morgan fingerprint density at radius 1 is 0.962 bits per heavy atom. The van der Waals surface area contributed by atoms with E-state index in [0.29, 0.717) is 5.84 Å². The molecule has 0 fully saturated rings. The van der Waals surface area contributed by atoms with Crippen molar-refractivity contribution >= 4 is 17.2 Å². The van der Waals surface area contributed by atoms with Crippen molar-refractivity contribution in [1.29, 1.82) is 0 Å². The van der Waals surface area contributed by atoms with Crippen LogP contribution in [0.1, 0.15) is 34.7 Å². The fourth-order valence-electron chi connectivity index (χ4n) is 2.97. The molecule has 0 aliphatic carbocycles. The van der Waals surface area contributed by atoms with Gasteiger partial charge in [-0.1, -0.05) is 42.8 Å². The summed E-state index contributed by atoms with van der Waals surface area (Å²) in [6.45, 7) is 4.24. The van der Waals surface area contributed by atoms with Gasteiger partial charge in [0.15, 0.2) is 5.84 Å². The number of aryl methyl sites for hydroxylation is 2. The van der Waals surface area contributed by atoms with Crippen molar-refractivity contribution in [1.82, 2.24) is 10.4 Å². The van der Waals surface area contributed by atoms with E-state index in [1.54, 1.807) is 12.4 Å². The second-order valence-corrected chi connectivity index (χ2v) is 6.35. The summed E-state index contributed by atoms with van der Waals surface area (Å²) in [6.07, 6.45) is 4.52. The Hall–Kier alpha value is -3.27. The van der Waals surface area contributed by atoms with Gasteiger partial charge in [0.2, 0.25) is 0 Å². The lowest BCUT2D eigenvalue weighted by molar-refractivity contribution is 1.03. The molecule has 0 saturated carbocycles. The summed E-state index contributed by atoms with van der Waals surface area (Å²) >= 11 is 0. The third-order valence-electron chi connectivity index (χ3n) is 4.49. The van der Waals surface area contributed by atoms with Crippen LogP contribution in [0.3, 0.4) is 0 Å². The SMILES string of the molecule is CCc1ccc2c(c1)C(c1ccc(C)cc1)=NNC(c1cccnc1)=N2. The Balaban J connectivity index is 1.88. The zero-order valence-corrected chi connectivity index (χ0v) is 14.9. The molecule has 0 amide bonds. The molecule has 4 heteroatoms. The number of hydrogen-bond donors (Lipinski definition) is 1. The zero-order valence-electron chi connectivity index (χ0n) is 14.9. The average Bonchev–Trinajstić information content (AvgIpc) is 2.88. The van der Waals surface area contributed by atoms with Crippen LogP contribution in [0.2, 0.25) is 0 Å². The van der Waals surface area contributed by atoms with E-state index in [1.165, 1.54) is 11.1 Å². The molecule has 0 radical (unpaired) electrons. The Kier molecular flexibility index (Phi) is 4.32. The number of pyridine rings is 1. The van der Waals surface area contributed by atoms with Crippen molar-refractivity contribution in [2.45, 2.75) is 20.3 Å². The number of nitrogens with one attached hydrogen (secondary N) is 1. The van der Waals surface area contributed by atoms with Gasteiger partial charge in [0.05, 0.1) is 11.4 Å². The monoisotopic (exact) mass is 340 g/mol. The van der Waals surface area contributed by atoms with E-state index in [9.17, 15) is 0 Å². The normalized spacial score (nSPS) is 13.2. The molecule has 0 unspecified atom stereocenters. The van der Waals surface area contributed by atoms with E-state index in [1.807, 2.05) is 12.1 Å². The van der Waals surface area contributed by atoms with Crippen LogP contribution in [0.15, 0.2) is 77.1 Å². The van der Waals surface area contributed by atoms with Crippen LogP contribution >= 0.6 is 0 Å². The van der Waals surface area contributed by atoms with Crippen molar-refractivity contribution in [3.63, 3.8) is 0 Å². The molecule has 2 heterocycles. The predicted octanol–water partition coefficient (Wildman–Crippen LogP) is 4.39. The first kappa shape index (κ1) is 16.2. The summed E-state index contributed by atoms with van der Waals surface area (Å²) in [4.78, 5) is 9.02. The van der Waals surface area contributed by atoms with Crippen molar-refractivity contribution in [2.24, 2.45) is 10.1 Å². The first-order chi connectivity index (χ1) is 12.7. The van der Waals surface area contributed by atoms with Crippen molar-refractivity contribution in [3.8, 4) is 0 Å². The first-order valence-electron chi connectivity index (χ1n) is 8.77. The lowest BCUT2D eigenvalue weighted by Gasteiger charge is -2.10. The molecule has 0 atom stereocenters. The molecule has 0 spiro atoms. The van der Waals surface area contributed by atoms with Gasteiger partial charge in [-0.25, -0.2) is 4.99 Å². The van der Waals surface area contributed by atoms with Gasteiger partial charge in [0.1, 0.15) is 0 Å². The maximum absolute atomic E-state index is 4.83. The Bertz CT molecular complexity index is 986. The molecule has 3 aromatic rings. The number of hydrogen-bond acceptors (Lipinski definition) is 4. The summed E-state index contributed by atoms with van der Waals surface area (Å²) in [5.74, 6) is 0.700. The van der Waals surface area contributed by atoms with Gasteiger partial charge in [-0.3, -0.25) is 10.4 Å². The Labute approximate surface area is 153 Å². The molecule has 128 valence electrons. The summed E-state index contributed by atoms with van der Waals surface area (Å²) in [5.41, 5.74) is 10.5. The smallest absolute Gasteiger partial charge is 0.155 e. The molecule has 0 bridgehead atoms. The highest BCUT2D eigenvalue weighted by Gasteiger charge is 2.17. The van der Waals surface area contributed by atoms with Crippen LogP contribution in [0, 0.1) is 6.92 Å². The van der Waals surface area contributed by atoms with Gasteiger partial charge in [0, 0.05) is 29.1 Å². The minimum absolute atomic E-state index is 0.700. The van der Waals surface area contributed by atoms with Crippen LogP contribution in [0.5, 0.6) is 0 Å². The van der Waals surface area contributed by atoms with E-state index in [4.69, 9.17) is 10.1 Å². The van der Waals surface area contributed by atoms with Gasteiger partial charge in [-0.05, 0) is 43.2 Å². The second kappa shape index (κ2) is 6.92. The number of nitrogens with zero attached hydrogens (tertiary/aromatic N) is 3. The minimum Gasteiger partial charge on any atom is -0.264 e. The number of amidine groups is 1. The first-order valence-corrected chi connectivity index (χ1v) is 8.77. The molecule has 4 rings (SSSR count). The van der Waals surface area contributed by atoms with Crippen LogP contribution in [0.25, 0.3) is 0 Å². The van der Waals surface area contributed by atoms with Crippen molar-refractivity contribution in [2.75, 3.05) is 0 Å². The Morgan fingerprint density at radius 2 is 1.81 bits per heavy atom. The summed E-state index contributed by atoms with van der Waals surface area (Å²) < 4.78 is 0. The maximum atomic E-state index is 4.83. The zero-order chi connectivity index (χ0) is 17.9. The molecule has 1 N–H and O–H groups in total. The number of rotatable bonds is 3. The highest BCUT2D eigenvalue weighted by atomic mass is 15.3. The lowest BCUT2D eigenvalue weighted by Crippen LogP contribution is -2.19. The summed E-state index contributed by atoms with van der Waals surface area (Å²) in [6, 6.07) is 18.7. The van der Waals surface area contributed by atoms with Crippen LogP contribution in [-0.2, 0) is 6.42 Å². The van der Waals surface area contributed by atoms with Crippen LogP contribution in [-0.4, -0.2) is 16.5 Å². The molecule has 1 aromatic heterocycles. The topological polar surface area (TPSA) is 49.6 Å². The standard InChI is InChI=1S/C22H20N4/c1-3-16-8-11-20-19(13-16)21(17-9-6-15(2)7-10-17)25-26-22(24-20)18-5-4-12-23-14-18/h4-14H,3H2,1-2H3,(H,24,26). The molecular weight excluding hydrogens is 320 g/mol. The van der Waals surface area contributed by atoms with E-state index in [2.05, 4.69) is 66.7 Å². The highest BCUT2D eigenvalue weighted by Crippen LogP contribution is 2.27. The van der Waals surface area contributed by atoms with E-state index >= 15 is 0 Å². The summed E-state index contributed by atoms with van der Waals surface area (Å²) in [5, 5.41) is 4.71. The molecule has 1 aliphatic rings. The lowest BCUT2D eigenvalue weighted by atomic mass is 9.97. The molecule has 2 aromatic carbocycles. The van der Waals surface area contributed by atoms with Gasteiger partial charge in [-0.15, -0.1) is 0 Å². The number of benzene rings is 2. The van der Waals surface area contributed by atoms with Crippen molar-refractivity contribution in [3.05, 3.63) is 94.8 Å². The predicted molar refractivity (Wildman–Crippen MR) is 106 cm³/mol. The van der Waals surface area contributed by atoms with Crippen molar-refractivity contribution < 1.29 is 0 Å². The molecule has 26 heavy (non-hydrogen) atoms. The quantitative estimate of drug-likeness (QED) is 0.769. The number of hydrazone groups is 1. The third kappa shape index (κ3) is 3.14. The molecule has 4 nitrogen and oxygen atoms in total.